The van der Waals surface area contributed by atoms with Gasteiger partial charge in [-0.05, 0) is 17.7 Å². The highest BCUT2D eigenvalue weighted by Gasteiger charge is 2.13. The van der Waals surface area contributed by atoms with Crippen molar-refractivity contribution in [3.05, 3.63) is 70.0 Å². The lowest BCUT2D eigenvalue weighted by Gasteiger charge is -2.06. The standard InChI is InChI=1S/C13H13N3O4S/c17-16(18)13-6-4-11(5-7-13)10-21(19,20)15-9-12-3-1-2-8-14-12/h1-8,15H,9-10H2. The number of nitrogens with one attached hydrogen (secondary N) is 1. The highest BCUT2D eigenvalue weighted by molar-refractivity contribution is 7.88. The first-order valence-corrected chi connectivity index (χ1v) is 7.72. The fourth-order valence-electron chi connectivity index (χ4n) is 1.67. The van der Waals surface area contributed by atoms with E-state index in [9.17, 15) is 18.5 Å². The molecule has 110 valence electrons. The molecular weight excluding hydrogens is 294 g/mol. The summed E-state index contributed by atoms with van der Waals surface area (Å²) >= 11 is 0. The van der Waals surface area contributed by atoms with Gasteiger partial charge in [0.15, 0.2) is 0 Å². The fraction of sp³-hybridized carbons (Fsp3) is 0.154. The lowest BCUT2D eigenvalue weighted by molar-refractivity contribution is -0.384. The maximum absolute atomic E-state index is 11.9. The van der Waals surface area contributed by atoms with Gasteiger partial charge in [-0.15, -0.1) is 0 Å². The normalized spacial score (nSPS) is 11.2. The van der Waals surface area contributed by atoms with E-state index < -0.39 is 14.9 Å². The van der Waals surface area contributed by atoms with E-state index >= 15 is 0 Å². The van der Waals surface area contributed by atoms with Gasteiger partial charge in [0.1, 0.15) is 0 Å². The number of benzene rings is 1. The van der Waals surface area contributed by atoms with Crippen molar-refractivity contribution in [2.75, 3.05) is 0 Å². The molecule has 0 saturated carbocycles. The molecule has 0 aliphatic rings. The molecule has 2 rings (SSSR count). The first kappa shape index (κ1) is 15.1. The average molecular weight is 307 g/mol. The summed E-state index contributed by atoms with van der Waals surface area (Å²) in [5.74, 6) is -0.238. The van der Waals surface area contributed by atoms with Crippen LogP contribution in [-0.2, 0) is 22.3 Å². The van der Waals surface area contributed by atoms with Crippen LogP contribution in [-0.4, -0.2) is 18.3 Å². The Morgan fingerprint density at radius 1 is 1.14 bits per heavy atom. The minimum atomic E-state index is -3.53. The van der Waals surface area contributed by atoms with Crippen molar-refractivity contribution in [1.29, 1.82) is 0 Å². The second-order valence-electron chi connectivity index (χ2n) is 4.32. The third-order valence-corrected chi connectivity index (χ3v) is 4.00. The topological polar surface area (TPSA) is 102 Å². The highest BCUT2D eigenvalue weighted by Crippen LogP contribution is 2.13. The Kier molecular flexibility index (Phi) is 4.61. The summed E-state index contributed by atoms with van der Waals surface area (Å²) in [5.41, 5.74) is 1.02. The molecule has 0 aliphatic carbocycles. The molecule has 21 heavy (non-hydrogen) atoms. The van der Waals surface area contributed by atoms with Crippen LogP contribution in [0.25, 0.3) is 0 Å². The molecule has 0 saturated heterocycles. The van der Waals surface area contributed by atoms with Crippen LogP contribution in [0.15, 0.2) is 48.7 Å². The van der Waals surface area contributed by atoms with Crippen molar-refractivity contribution in [3.63, 3.8) is 0 Å². The molecule has 2 aromatic rings. The Labute approximate surface area is 121 Å². The molecular formula is C13H13N3O4S. The van der Waals surface area contributed by atoms with Crippen molar-refractivity contribution in [2.24, 2.45) is 0 Å². The number of non-ortho nitro benzene ring substituents is 1. The van der Waals surface area contributed by atoms with Gasteiger partial charge in [-0.3, -0.25) is 15.1 Å². The van der Waals surface area contributed by atoms with E-state index in [1.165, 1.54) is 24.3 Å². The summed E-state index contributed by atoms with van der Waals surface area (Å²) in [6.07, 6.45) is 1.58. The van der Waals surface area contributed by atoms with E-state index in [1.807, 2.05) is 0 Å². The molecule has 0 radical (unpaired) electrons. The van der Waals surface area contributed by atoms with Crippen molar-refractivity contribution in [2.45, 2.75) is 12.3 Å². The van der Waals surface area contributed by atoms with Crippen LogP contribution in [0.1, 0.15) is 11.3 Å². The van der Waals surface area contributed by atoms with Gasteiger partial charge < -0.3 is 0 Å². The number of aromatic nitrogens is 1. The van der Waals surface area contributed by atoms with Crippen LogP contribution in [0.4, 0.5) is 5.69 Å². The molecule has 7 nitrogen and oxygen atoms in total. The van der Waals surface area contributed by atoms with E-state index in [0.29, 0.717) is 11.3 Å². The maximum Gasteiger partial charge on any atom is 0.269 e. The molecule has 0 atom stereocenters. The van der Waals surface area contributed by atoms with E-state index in [-0.39, 0.29) is 18.0 Å². The predicted octanol–water partition coefficient (Wildman–Crippen LogP) is 1.61. The number of pyridine rings is 1. The zero-order valence-corrected chi connectivity index (χ0v) is 11.8. The summed E-state index contributed by atoms with van der Waals surface area (Å²) in [5, 5.41) is 10.5. The lowest BCUT2D eigenvalue weighted by atomic mass is 10.2. The van der Waals surface area contributed by atoms with Crippen molar-refractivity contribution in [1.82, 2.24) is 9.71 Å². The molecule has 8 heteroatoms. The van der Waals surface area contributed by atoms with E-state index in [2.05, 4.69) is 9.71 Å². The third kappa shape index (κ3) is 4.62. The number of hydrogen-bond donors (Lipinski definition) is 1. The average Bonchev–Trinajstić information content (AvgIpc) is 2.46. The highest BCUT2D eigenvalue weighted by atomic mass is 32.2. The fourth-order valence-corrected chi connectivity index (χ4v) is 2.77. The molecule has 1 aromatic carbocycles. The molecule has 1 N–H and O–H groups in total. The SMILES string of the molecule is O=[N+]([O-])c1ccc(CS(=O)(=O)NCc2ccccn2)cc1. The molecule has 0 amide bonds. The van der Waals surface area contributed by atoms with Gasteiger partial charge in [0, 0.05) is 18.3 Å². The summed E-state index contributed by atoms with van der Waals surface area (Å²) in [4.78, 5) is 14.0. The molecule has 1 heterocycles. The van der Waals surface area contributed by atoms with Gasteiger partial charge in [0.05, 0.1) is 22.9 Å². The Morgan fingerprint density at radius 3 is 2.43 bits per heavy atom. The number of nitrogens with zero attached hydrogens (tertiary/aromatic N) is 2. The first-order chi connectivity index (χ1) is 9.96. The second-order valence-corrected chi connectivity index (χ2v) is 6.13. The molecule has 0 fully saturated rings. The van der Waals surface area contributed by atoms with Gasteiger partial charge in [-0.1, -0.05) is 18.2 Å². The van der Waals surface area contributed by atoms with Gasteiger partial charge in [0.2, 0.25) is 10.0 Å². The van der Waals surface area contributed by atoms with E-state index in [0.717, 1.165) is 0 Å². The van der Waals surface area contributed by atoms with Crippen molar-refractivity contribution >= 4 is 15.7 Å². The number of rotatable bonds is 6. The predicted molar refractivity (Wildman–Crippen MR) is 76.8 cm³/mol. The van der Waals surface area contributed by atoms with Crippen LogP contribution < -0.4 is 4.72 Å². The van der Waals surface area contributed by atoms with Crippen LogP contribution in [0.3, 0.4) is 0 Å². The van der Waals surface area contributed by atoms with Crippen LogP contribution in [0.5, 0.6) is 0 Å². The Morgan fingerprint density at radius 2 is 1.86 bits per heavy atom. The molecule has 1 aromatic heterocycles. The summed E-state index contributed by atoms with van der Waals surface area (Å²) < 4.78 is 26.3. The number of sulfonamides is 1. The van der Waals surface area contributed by atoms with Crippen molar-refractivity contribution in [3.8, 4) is 0 Å². The third-order valence-electron chi connectivity index (χ3n) is 2.70. The van der Waals surface area contributed by atoms with Gasteiger partial charge >= 0.3 is 0 Å². The lowest BCUT2D eigenvalue weighted by Crippen LogP contribution is -2.25. The molecule has 0 spiro atoms. The minimum absolute atomic E-state index is 0.0717. The van der Waals surface area contributed by atoms with Gasteiger partial charge in [-0.2, -0.15) is 0 Å². The minimum Gasteiger partial charge on any atom is -0.260 e. The van der Waals surface area contributed by atoms with Crippen molar-refractivity contribution < 1.29 is 13.3 Å². The van der Waals surface area contributed by atoms with Gasteiger partial charge in [-0.25, -0.2) is 13.1 Å². The Bertz CT molecular complexity index is 715. The maximum atomic E-state index is 11.9. The summed E-state index contributed by atoms with van der Waals surface area (Å²) in [6, 6.07) is 10.7. The van der Waals surface area contributed by atoms with Crippen LogP contribution in [0, 0.1) is 10.1 Å². The number of nitro benzene ring substituents is 1. The quantitative estimate of drug-likeness (QED) is 0.645. The van der Waals surface area contributed by atoms with Gasteiger partial charge in [0.25, 0.3) is 5.69 Å². The molecule has 0 bridgehead atoms. The first-order valence-electron chi connectivity index (χ1n) is 6.07. The Balaban J connectivity index is 1.99. The van der Waals surface area contributed by atoms with Crippen LogP contribution >= 0.6 is 0 Å². The number of hydrogen-bond acceptors (Lipinski definition) is 5. The Hall–Kier alpha value is -2.32. The largest absolute Gasteiger partial charge is 0.269 e. The molecule has 0 unspecified atom stereocenters. The second kappa shape index (κ2) is 6.42. The van der Waals surface area contributed by atoms with E-state index in [4.69, 9.17) is 0 Å². The molecule has 0 aliphatic heterocycles. The zero-order valence-electron chi connectivity index (χ0n) is 11.0. The number of nitro groups is 1. The monoisotopic (exact) mass is 307 g/mol. The van der Waals surface area contributed by atoms with E-state index in [1.54, 1.807) is 24.4 Å². The summed E-state index contributed by atoms with van der Waals surface area (Å²) in [7, 11) is -3.53. The summed E-state index contributed by atoms with van der Waals surface area (Å²) in [6.45, 7) is 0.107. The van der Waals surface area contributed by atoms with Crippen LogP contribution in [0.2, 0.25) is 0 Å². The zero-order chi connectivity index (χ0) is 15.3. The smallest absolute Gasteiger partial charge is 0.260 e.